The van der Waals surface area contributed by atoms with Crippen LogP contribution in [0.25, 0.3) is 0 Å². The Kier molecular flexibility index (Phi) is 4.71. The lowest BCUT2D eigenvalue weighted by Gasteiger charge is -2.46. The third-order valence-corrected chi connectivity index (χ3v) is 7.08. The highest BCUT2D eigenvalue weighted by molar-refractivity contribution is 6.01. The highest BCUT2D eigenvalue weighted by Crippen LogP contribution is 2.47. The molecule has 2 N–H and O–H groups in total. The van der Waals surface area contributed by atoms with E-state index in [0.717, 1.165) is 36.0 Å². The van der Waals surface area contributed by atoms with Crippen LogP contribution in [0, 0.1) is 17.0 Å². The lowest BCUT2D eigenvalue weighted by atomic mass is 9.67. The molecule has 30 heavy (non-hydrogen) atoms. The van der Waals surface area contributed by atoms with E-state index in [1.807, 2.05) is 12.1 Å². The van der Waals surface area contributed by atoms with Crippen LogP contribution in [0.3, 0.4) is 0 Å². The number of hydrogen-bond acceptors (Lipinski definition) is 3. The second-order valence-corrected chi connectivity index (χ2v) is 9.13. The van der Waals surface area contributed by atoms with E-state index in [9.17, 15) is 9.18 Å². The predicted octanol–water partition coefficient (Wildman–Crippen LogP) is 4.27. The van der Waals surface area contributed by atoms with Crippen LogP contribution >= 0.6 is 0 Å². The molecule has 4 rings (SSSR count). The Morgan fingerprint density at radius 3 is 2.63 bits per heavy atom. The lowest BCUT2D eigenvalue weighted by Crippen LogP contribution is -2.58. The number of nitrogens with zero attached hydrogens (tertiary/aromatic N) is 2. The number of nitrogens with two attached hydrogens (primary N) is 1. The van der Waals surface area contributed by atoms with Crippen LogP contribution in [0.4, 0.5) is 8.78 Å². The van der Waals surface area contributed by atoms with Gasteiger partial charge in [0.25, 0.3) is 0 Å². The summed E-state index contributed by atoms with van der Waals surface area (Å²) in [7, 11) is 1.58. The van der Waals surface area contributed by atoms with Gasteiger partial charge in [-0.05, 0) is 80.8 Å². The smallest absolute Gasteiger partial charge is 0.237 e. The van der Waals surface area contributed by atoms with E-state index in [0.29, 0.717) is 5.56 Å². The second-order valence-electron chi connectivity index (χ2n) is 9.13. The summed E-state index contributed by atoms with van der Waals surface area (Å²) in [6.07, 6.45) is 2.50. The number of halogens is 2. The molecular formula is C24H27F2N3O. The highest BCUT2D eigenvalue weighted by Gasteiger charge is 2.53. The number of carbonyl (C=O) groups is 1. The minimum atomic E-state index is -1.13. The van der Waals surface area contributed by atoms with E-state index < -0.39 is 16.8 Å². The standard InChI is InChI=1S/C24H27F2N3O/c1-23(2)21(30)29(4)22(27)28-24(23,3)19-12-14(5-10-20(19)26)11-15-6-7-16-13-17(25)8-9-18(15)16/h5,8-10,12-13,15H,6-7,11H2,1-4H3,(H2,27,28)/t15?,24-/m1/s1. The average Bonchev–Trinajstić information content (AvgIpc) is 3.08. The molecule has 0 aromatic heterocycles. The lowest BCUT2D eigenvalue weighted by molar-refractivity contribution is -0.140. The van der Waals surface area contributed by atoms with Crippen LogP contribution in [-0.4, -0.2) is 23.8 Å². The van der Waals surface area contributed by atoms with Gasteiger partial charge in [-0.25, -0.2) is 13.8 Å². The first-order chi connectivity index (χ1) is 14.0. The Bertz CT molecular complexity index is 1060. The monoisotopic (exact) mass is 411 g/mol. The third kappa shape index (κ3) is 3.01. The SMILES string of the molecule is CN1C(=O)C(C)(C)[C@@](C)(c2cc(CC3CCc4cc(F)ccc43)ccc2F)N=C1N. The molecule has 0 radical (unpaired) electrons. The first kappa shape index (κ1) is 20.5. The molecule has 2 atom stereocenters. The molecule has 2 aromatic rings. The van der Waals surface area contributed by atoms with E-state index in [1.54, 1.807) is 40.0 Å². The number of hydrogen-bond donors (Lipinski definition) is 1. The number of aryl methyl sites for hydroxylation is 1. The minimum absolute atomic E-state index is 0.0818. The average molecular weight is 411 g/mol. The van der Waals surface area contributed by atoms with Crippen molar-refractivity contribution in [3.05, 3.63) is 70.3 Å². The first-order valence-corrected chi connectivity index (χ1v) is 10.3. The van der Waals surface area contributed by atoms with Crippen LogP contribution in [0.2, 0.25) is 0 Å². The Balaban J connectivity index is 1.72. The van der Waals surface area contributed by atoms with Crippen LogP contribution in [0.5, 0.6) is 0 Å². The van der Waals surface area contributed by atoms with Gasteiger partial charge in [0.2, 0.25) is 5.91 Å². The molecular weight excluding hydrogens is 384 g/mol. The quantitative estimate of drug-likeness (QED) is 0.820. The molecule has 0 fully saturated rings. The summed E-state index contributed by atoms with van der Waals surface area (Å²) in [5, 5.41) is 0. The van der Waals surface area contributed by atoms with Crippen LogP contribution in [0.15, 0.2) is 41.4 Å². The number of amides is 1. The van der Waals surface area contributed by atoms with E-state index in [4.69, 9.17) is 5.73 Å². The van der Waals surface area contributed by atoms with E-state index in [2.05, 4.69) is 4.99 Å². The summed E-state index contributed by atoms with van der Waals surface area (Å²) >= 11 is 0. The fourth-order valence-corrected chi connectivity index (χ4v) is 4.82. The van der Waals surface area contributed by atoms with Gasteiger partial charge in [-0.2, -0.15) is 0 Å². The molecule has 1 aliphatic carbocycles. The van der Waals surface area contributed by atoms with E-state index in [-0.39, 0.29) is 23.6 Å². The molecule has 0 bridgehead atoms. The number of carbonyl (C=O) groups excluding carboxylic acids is 1. The van der Waals surface area contributed by atoms with Gasteiger partial charge in [-0.3, -0.25) is 9.69 Å². The van der Waals surface area contributed by atoms with Gasteiger partial charge in [0, 0.05) is 12.6 Å². The fourth-order valence-electron chi connectivity index (χ4n) is 4.82. The summed E-state index contributed by atoms with van der Waals surface area (Å²) in [5.74, 6) is -0.479. The van der Waals surface area contributed by atoms with Gasteiger partial charge in [-0.1, -0.05) is 18.2 Å². The zero-order valence-corrected chi connectivity index (χ0v) is 17.8. The molecule has 0 spiro atoms. The topological polar surface area (TPSA) is 58.7 Å². The maximum atomic E-state index is 15.0. The summed E-state index contributed by atoms with van der Waals surface area (Å²) < 4.78 is 28.5. The normalized spacial score (nSPS) is 25.3. The molecule has 1 aliphatic heterocycles. The molecule has 2 aliphatic rings. The summed E-state index contributed by atoms with van der Waals surface area (Å²) in [4.78, 5) is 18.8. The molecule has 4 nitrogen and oxygen atoms in total. The van der Waals surface area contributed by atoms with Crippen molar-refractivity contribution < 1.29 is 13.6 Å². The number of rotatable bonds is 3. The Hall–Kier alpha value is -2.76. The van der Waals surface area contributed by atoms with Crippen molar-refractivity contribution in [2.75, 3.05) is 7.05 Å². The summed E-state index contributed by atoms with van der Waals surface area (Å²) in [6, 6.07) is 10.0. The predicted molar refractivity (Wildman–Crippen MR) is 113 cm³/mol. The van der Waals surface area contributed by atoms with Crippen molar-refractivity contribution in [3.63, 3.8) is 0 Å². The number of benzene rings is 2. The zero-order valence-electron chi connectivity index (χ0n) is 17.8. The van der Waals surface area contributed by atoms with Crippen molar-refractivity contribution in [1.82, 2.24) is 4.90 Å². The van der Waals surface area contributed by atoms with Gasteiger partial charge in [0.15, 0.2) is 5.96 Å². The number of fused-ring (bicyclic) bond motifs is 1. The van der Waals surface area contributed by atoms with Gasteiger partial charge in [0.1, 0.15) is 17.2 Å². The maximum Gasteiger partial charge on any atom is 0.237 e. The molecule has 0 saturated carbocycles. The van der Waals surface area contributed by atoms with Gasteiger partial charge in [-0.15, -0.1) is 0 Å². The first-order valence-electron chi connectivity index (χ1n) is 10.3. The summed E-state index contributed by atoms with van der Waals surface area (Å²) in [5.41, 5.74) is 7.43. The molecule has 0 saturated heterocycles. The van der Waals surface area contributed by atoms with E-state index >= 15 is 4.39 Å². The molecule has 6 heteroatoms. The Morgan fingerprint density at radius 1 is 1.17 bits per heavy atom. The second kappa shape index (κ2) is 6.89. The van der Waals surface area contributed by atoms with Gasteiger partial charge in [0.05, 0.1) is 5.41 Å². The fraction of sp³-hybridized carbons (Fsp3) is 0.417. The highest BCUT2D eigenvalue weighted by atomic mass is 19.1. The Labute approximate surface area is 175 Å². The van der Waals surface area contributed by atoms with Crippen LogP contribution in [0.1, 0.15) is 55.4 Å². The van der Waals surface area contributed by atoms with Crippen molar-refractivity contribution in [1.29, 1.82) is 0 Å². The van der Waals surface area contributed by atoms with Crippen molar-refractivity contribution in [2.24, 2.45) is 16.1 Å². The minimum Gasteiger partial charge on any atom is -0.369 e. The molecule has 158 valence electrons. The van der Waals surface area contributed by atoms with Crippen molar-refractivity contribution >= 4 is 11.9 Å². The number of aliphatic imine (C=N–C) groups is 1. The molecule has 1 heterocycles. The summed E-state index contributed by atoms with van der Waals surface area (Å²) in [6.45, 7) is 5.31. The molecule has 1 unspecified atom stereocenters. The molecule has 2 aromatic carbocycles. The maximum absolute atomic E-state index is 15.0. The number of guanidine groups is 1. The third-order valence-electron chi connectivity index (χ3n) is 7.08. The van der Waals surface area contributed by atoms with Gasteiger partial charge < -0.3 is 5.73 Å². The van der Waals surface area contributed by atoms with Crippen LogP contribution in [-0.2, 0) is 23.2 Å². The molecule has 1 amide bonds. The van der Waals surface area contributed by atoms with Crippen LogP contribution < -0.4 is 5.73 Å². The van der Waals surface area contributed by atoms with Gasteiger partial charge >= 0.3 is 0 Å². The van der Waals surface area contributed by atoms with Crippen molar-refractivity contribution in [2.45, 2.75) is 51.5 Å². The zero-order chi connectivity index (χ0) is 21.8. The van der Waals surface area contributed by atoms with Crippen molar-refractivity contribution in [3.8, 4) is 0 Å². The Morgan fingerprint density at radius 2 is 1.90 bits per heavy atom. The van der Waals surface area contributed by atoms with E-state index in [1.165, 1.54) is 17.0 Å². The largest absolute Gasteiger partial charge is 0.369 e.